The van der Waals surface area contributed by atoms with Crippen molar-refractivity contribution in [1.82, 2.24) is 20.0 Å². The number of aromatic nitrogens is 2. The van der Waals surface area contributed by atoms with E-state index in [1.54, 1.807) is 17.0 Å². The highest BCUT2D eigenvalue weighted by molar-refractivity contribution is 5.95. The number of rotatable bonds is 6. The van der Waals surface area contributed by atoms with Crippen LogP contribution < -0.4 is 10.2 Å². The Labute approximate surface area is 201 Å². The fourth-order valence-corrected chi connectivity index (χ4v) is 4.06. The standard InChI is InChI=1S/C25H26F3N5O2/c1-18-7-9-20(10-8-18)33-23(25(26,27)28)21(17-30-33)24(35)29-12-11-22(34)32-15-13-31(14-16-32)19-5-3-2-4-6-19/h2-10,17H,11-16H2,1H3,(H,29,35). The fraction of sp³-hybridized carbons (Fsp3) is 0.320. The van der Waals surface area contributed by atoms with E-state index >= 15 is 0 Å². The molecule has 1 aliphatic rings. The molecule has 1 aliphatic heterocycles. The van der Waals surface area contributed by atoms with Crippen molar-refractivity contribution in [2.24, 2.45) is 0 Å². The first kappa shape index (κ1) is 24.3. The van der Waals surface area contributed by atoms with Crippen molar-refractivity contribution >= 4 is 17.5 Å². The van der Waals surface area contributed by atoms with Crippen molar-refractivity contribution in [3.63, 3.8) is 0 Å². The lowest BCUT2D eigenvalue weighted by atomic mass is 10.2. The van der Waals surface area contributed by atoms with Crippen LogP contribution >= 0.6 is 0 Å². The van der Waals surface area contributed by atoms with Crippen molar-refractivity contribution in [3.8, 4) is 5.69 Å². The third-order valence-corrected chi connectivity index (χ3v) is 5.94. The van der Waals surface area contributed by atoms with Crippen molar-refractivity contribution in [1.29, 1.82) is 0 Å². The summed E-state index contributed by atoms with van der Waals surface area (Å²) >= 11 is 0. The van der Waals surface area contributed by atoms with E-state index in [1.165, 1.54) is 12.1 Å². The summed E-state index contributed by atoms with van der Waals surface area (Å²) in [6, 6.07) is 16.3. The highest BCUT2D eigenvalue weighted by Gasteiger charge is 2.40. The lowest BCUT2D eigenvalue weighted by Crippen LogP contribution is -2.49. The van der Waals surface area contributed by atoms with Crippen LogP contribution in [0.25, 0.3) is 5.69 Å². The van der Waals surface area contributed by atoms with Gasteiger partial charge in [-0.3, -0.25) is 9.59 Å². The van der Waals surface area contributed by atoms with E-state index in [0.717, 1.165) is 17.4 Å². The third-order valence-electron chi connectivity index (χ3n) is 5.94. The van der Waals surface area contributed by atoms with Gasteiger partial charge in [-0.2, -0.15) is 18.3 Å². The molecular formula is C25H26F3N5O2. The second kappa shape index (κ2) is 10.2. The Balaban J connectivity index is 1.34. The summed E-state index contributed by atoms with van der Waals surface area (Å²) in [6.07, 6.45) is -3.88. The van der Waals surface area contributed by atoms with E-state index in [4.69, 9.17) is 0 Å². The number of alkyl halides is 3. The number of benzene rings is 2. The second-order valence-corrected chi connectivity index (χ2v) is 8.36. The van der Waals surface area contributed by atoms with Gasteiger partial charge >= 0.3 is 6.18 Å². The number of nitrogens with one attached hydrogen (secondary N) is 1. The summed E-state index contributed by atoms with van der Waals surface area (Å²) in [6.45, 7) is 4.22. The number of halogens is 3. The summed E-state index contributed by atoms with van der Waals surface area (Å²) in [5.74, 6) is -1.07. The predicted octanol–water partition coefficient (Wildman–Crippen LogP) is 3.67. The maximum Gasteiger partial charge on any atom is 0.434 e. The highest BCUT2D eigenvalue weighted by atomic mass is 19.4. The number of para-hydroxylation sites is 1. The van der Waals surface area contributed by atoms with Gasteiger partial charge in [-0.05, 0) is 31.2 Å². The summed E-state index contributed by atoms with van der Waals surface area (Å²) in [5.41, 5.74) is 0.452. The number of hydrogen-bond donors (Lipinski definition) is 1. The maximum atomic E-state index is 13.8. The molecule has 0 spiro atoms. The summed E-state index contributed by atoms with van der Waals surface area (Å²) < 4.78 is 42.1. The lowest BCUT2D eigenvalue weighted by Gasteiger charge is -2.36. The normalized spacial score (nSPS) is 14.2. The third kappa shape index (κ3) is 5.64. The summed E-state index contributed by atoms with van der Waals surface area (Å²) in [5, 5.41) is 6.25. The zero-order valence-electron chi connectivity index (χ0n) is 19.3. The molecule has 0 aliphatic carbocycles. The lowest BCUT2D eigenvalue weighted by molar-refractivity contribution is -0.143. The van der Waals surface area contributed by atoms with Crippen LogP contribution in [0.2, 0.25) is 0 Å². The van der Waals surface area contributed by atoms with Gasteiger partial charge in [-0.15, -0.1) is 0 Å². The Morgan fingerprint density at radius 2 is 1.60 bits per heavy atom. The highest BCUT2D eigenvalue weighted by Crippen LogP contribution is 2.33. The Morgan fingerprint density at radius 3 is 2.23 bits per heavy atom. The van der Waals surface area contributed by atoms with Crippen molar-refractivity contribution < 1.29 is 22.8 Å². The molecule has 1 saturated heterocycles. The summed E-state index contributed by atoms with van der Waals surface area (Å²) in [7, 11) is 0. The van der Waals surface area contributed by atoms with E-state index in [-0.39, 0.29) is 24.6 Å². The van der Waals surface area contributed by atoms with Gasteiger partial charge in [-0.1, -0.05) is 35.9 Å². The molecule has 7 nitrogen and oxygen atoms in total. The quantitative estimate of drug-likeness (QED) is 0.579. The fourth-order valence-electron chi connectivity index (χ4n) is 4.06. The first-order valence-corrected chi connectivity index (χ1v) is 11.3. The number of anilines is 1. The molecule has 0 atom stereocenters. The Bertz CT molecular complexity index is 1170. The van der Waals surface area contributed by atoms with Gasteiger partial charge in [0.1, 0.15) is 0 Å². The Hall–Kier alpha value is -3.82. The van der Waals surface area contributed by atoms with Crippen molar-refractivity contribution in [2.45, 2.75) is 19.5 Å². The topological polar surface area (TPSA) is 70.5 Å². The van der Waals surface area contributed by atoms with Crippen molar-refractivity contribution in [2.75, 3.05) is 37.6 Å². The smallest absolute Gasteiger partial charge is 0.368 e. The van der Waals surface area contributed by atoms with Crippen LogP contribution in [0.15, 0.2) is 60.8 Å². The zero-order chi connectivity index (χ0) is 25.0. The predicted molar refractivity (Wildman–Crippen MR) is 125 cm³/mol. The molecule has 0 radical (unpaired) electrons. The monoisotopic (exact) mass is 485 g/mol. The number of carbonyl (C=O) groups is 2. The molecule has 2 amide bonds. The van der Waals surface area contributed by atoms with E-state index in [2.05, 4.69) is 15.3 Å². The number of aryl methyl sites for hydroxylation is 1. The molecule has 1 N–H and O–H groups in total. The molecule has 1 aromatic heterocycles. The minimum Gasteiger partial charge on any atom is -0.368 e. The largest absolute Gasteiger partial charge is 0.434 e. The molecule has 35 heavy (non-hydrogen) atoms. The first-order chi connectivity index (χ1) is 16.7. The van der Waals surface area contributed by atoms with Gasteiger partial charge < -0.3 is 15.1 Å². The SMILES string of the molecule is Cc1ccc(-n2ncc(C(=O)NCCC(=O)N3CCN(c4ccccc4)CC3)c2C(F)(F)F)cc1. The van der Waals surface area contributed by atoms with Gasteiger partial charge in [0, 0.05) is 44.8 Å². The number of carbonyl (C=O) groups excluding carboxylic acids is 2. The van der Waals surface area contributed by atoms with Gasteiger partial charge in [-0.25, -0.2) is 4.68 Å². The summed E-state index contributed by atoms with van der Waals surface area (Å²) in [4.78, 5) is 29.0. The molecule has 184 valence electrons. The number of hydrogen-bond acceptors (Lipinski definition) is 4. The molecule has 0 unspecified atom stereocenters. The maximum absolute atomic E-state index is 13.8. The van der Waals surface area contributed by atoms with Crippen LogP contribution in [-0.4, -0.2) is 59.2 Å². The molecule has 2 aromatic carbocycles. The zero-order valence-corrected chi connectivity index (χ0v) is 19.3. The molecule has 3 aromatic rings. The van der Waals surface area contributed by atoms with E-state index in [0.29, 0.717) is 30.9 Å². The Kier molecular flexibility index (Phi) is 7.09. The number of amides is 2. The molecule has 0 saturated carbocycles. The molecule has 1 fully saturated rings. The van der Waals surface area contributed by atoms with E-state index < -0.39 is 23.3 Å². The first-order valence-electron chi connectivity index (χ1n) is 11.3. The molecular weight excluding hydrogens is 459 g/mol. The van der Waals surface area contributed by atoms with Crippen LogP contribution in [0.5, 0.6) is 0 Å². The van der Waals surface area contributed by atoms with Crippen LogP contribution in [0, 0.1) is 6.92 Å². The van der Waals surface area contributed by atoms with Gasteiger partial charge in [0.2, 0.25) is 5.91 Å². The van der Waals surface area contributed by atoms with Crippen LogP contribution in [0.3, 0.4) is 0 Å². The minimum atomic E-state index is -4.79. The average molecular weight is 486 g/mol. The molecule has 4 rings (SSSR count). The van der Waals surface area contributed by atoms with Gasteiger partial charge in [0.15, 0.2) is 5.69 Å². The molecule has 10 heteroatoms. The van der Waals surface area contributed by atoms with Gasteiger partial charge in [0.25, 0.3) is 5.91 Å². The van der Waals surface area contributed by atoms with Gasteiger partial charge in [0.05, 0.1) is 17.4 Å². The van der Waals surface area contributed by atoms with E-state index in [9.17, 15) is 22.8 Å². The average Bonchev–Trinajstić information content (AvgIpc) is 3.31. The molecule has 2 heterocycles. The van der Waals surface area contributed by atoms with Crippen LogP contribution in [0.1, 0.15) is 28.0 Å². The Morgan fingerprint density at radius 1 is 0.943 bits per heavy atom. The number of nitrogens with zero attached hydrogens (tertiary/aromatic N) is 4. The number of piperazine rings is 1. The van der Waals surface area contributed by atoms with Crippen molar-refractivity contribution in [3.05, 3.63) is 77.6 Å². The van der Waals surface area contributed by atoms with Crippen LogP contribution in [-0.2, 0) is 11.0 Å². The second-order valence-electron chi connectivity index (χ2n) is 8.36. The molecule has 0 bridgehead atoms. The van der Waals surface area contributed by atoms with Crippen LogP contribution in [0.4, 0.5) is 18.9 Å². The van der Waals surface area contributed by atoms with E-state index in [1.807, 2.05) is 37.3 Å². The minimum absolute atomic E-state index is 0.00449.